The minimum atomic E-state index is -6.36. The van der Waals surface area contributed by atoms with Crippen molar-refractivity contribution in [1.29, 1.82) is 0 Å². The summed E-state index contributed by atoms with van der Waals surface area (Å²) >= 11 is 0. The Morgan fingerprint density at radius 2 is 0.750 bits per heavy atom. The van der Waals surface area contributed by atoms with Gasteiger partial charge in [-0.3, -0.25) is 0 Å². The third-order valence-electron chi connectivity index (χ3n) is 2.49. The first kappa shape index (κ1) is 24.6. The molecule has 162 valence electrons. The monoisotopic (exact) mass is 500 g/mol. The fraction of sp³-hybridized carbons (Fsp3) is 0.250. The first-order valence-corrected chi connectivity index (χ1v) is 11.9. The molecule has 1 aromatic rings. The largest absolute Gasteiger partial charge is 0.512 e. The van der Waals surface area contributed by atoms with E-state index in [9.17, 15) is 60.0 Å². The Balaban J connectivity index is 3.25. The molecule has 28 heavy (non-hydrogen) atoms. The van der Waals surface area contributed by atoms with Crippen molar-refractivity contribution in [3.63, 3.8) is 0 Å². The van der Waals surface area contributed by atoms with Gasteiger partial charge in [0.2, 0.25) is 0 Å². The van der Waals surface area contributed by atoms with E-state index in [1.807, 2.05) is 0 Å². The molecule has 0 radical (unpaired) electrons. The number of nitrogens with one attached hydrogen (secondary N) is 2. The van der Waals surface area contributed by atoms with Crippen LogP contribution in [0.5, 0.6) is 0 Å². The summed E-state index contributed by atoms with van der Waals surface area (Å²) in [5.41, 5.74) is -12.0. The molecule has 0 aliphatic rings. The molecule has 0 spiro atoms. The van der Waals surface area contributed by atoms with Crippen LogP contribution in [0.15, 0.2) is 34.1 Å². The minimum absolute atomic E-state index is 0.211. The Hall–Kier alpha value is -1.48. The summed E-state index contributed by atoms with van der Waals surface area (Å²) in [5.74, 6) is 0. The first-order chi connectivity index (χ1) is 12.1. The highest BCUT2D eigenvalue weighted by Crippen LogP contribution is 2.25. The van der Waals surface area contributed by atoms with Crippen molar-refractivity contribution in [3.05, 3.63) is 24.3 Å². The van der Waals surface area contributed by atoms with Gasteiger partial charge in [-0.1, -0.05) is 8.25 Å². The third kappa shape index (κ3) is 5.31. The number of halogens is 6. The summed E-state index contributed by atoms with van der Waals surface area (Å²) in [5, 5.41) is 0. The molecule has 0 saturated heterocycles. The second-order valence-electron chi connectivity index (χ2n) is 4.54. The molecular weight excluding hydrogens is 494 g/mol. The maximum Gasteiger partial charge on any atom is 0.512 e. The molecule has 0 atom stereocenters. The molecular formula is C8H6F6N2O8S4. The number of sulfonamides is 4. The predicted molar refractivity (Wildman–Crippen MR) is 77.0 cm³/mol. The molecule has 0 heterocycles. The van der Waals surface area contributed by atoms with E-state index in [1.165, 1.54) is 0 Å². The molecule has 0 unspecified atom stereocenters. The number of rotatable bonds is 6. The van der Waals surface area contributed by atoms with Crippen LogP contribution < -0.4 is 8.25 Å². The van der Waals surface area contributed by atoms with Crippen LogP contribution in [0.25, 0.3) is 0 Å². The molecule has 0 saturated carbocycles. The van der Waals surface area contributed by atoms with Crippen LogP contribution in [0.2, 0.25) is 0 Å². The summed E-state index contributed by atoms with van der Waals surface area (Å²) in [6, 6.07) is 0.845. The Morgan fingerprint density at radius 1 is 0.536 bits per heavy atom. The van der Waals surface area contributed by atoms with Gasteiger partial charge in [-0.25, -0.2) is 33.7 Å². The maximum absolute atomic E-state index is 12.2. The molecule has 1 rings (SSSR count). The molecule has 0 aliphatic carbocycles. The van der Waals surface area contributed by atoms with Gasteiger partial charge >= 0.3 is 31.1 Å². The lowest BCUT2D eigenvalue weighted by Gasteiger charge is -2.12. The standard InChI is InChI=1S/C8H6F6N2O8S4/c9-7(10,11)27(21,22)15-25(17,18)5-1-2-6(4-3-5)26(19,20)16-28(23,24)8(12,13)14/h1-4,15-16H. The minimum Gasteiger partial charge on any atom is -0.206 e. The molecule has 1 aromatic carbocycles. The molecule has 10 nitrogen and oxygen atoms in total. The predicted octanol–water partition coefficient (Wildman–Crippen LogP) is -0.0576. The van der Waals surface area contributed by atoms with E-state index < -0.39 is 60.9 Å². The van der Waals surface area contributed by atoms with Gasteiger partial charge in [-0.15, -0.1) is 0 Å². The van der Waals surface area contributed by atoms with Crippen LogP contribution in [0.3, 0.4) is 0 Å². The van der Waals surface area contributed by atoms with Gasteiger partial charge in [0.1, 0.15) is 0 Å². The van der Waals surface area contributed by atoms with E-state index in [-0.39, 0.29) is 24.3 Å². The van der Waals surface area contributed by atoms with E-state index >= 15 is 0 Å². The van der Waals surface area contributed by atoms with Crippen LogP contribution in [0, 0.1) is 0 Å². The summed E-state index contributed by atoms with van der Waals surface area (Å²) in [6.45, 7) is 0. The van der Waals surface area contributed by atoms with E-state index in [0.717, 1.165) is 0 Å². The summed E-state index contributed by atoms with van der Waals surface area (Å²) in [6.07, 6.45) is 0. The fourth-order valence-electron chi connectivity index (χ4n) is 1.28. The van der Waals surface area contributed by atoms with Gasteiger partial charge in [-0.2, -0.15) is 26.3 Å². The van der Waals surface area contributed by atoms with Crippen LogP contribution in [-0.4, -0.2) is 44.7 Å². The molecule has 0 fully saturated rings. The number of benzene rings is 1. The van der Waals surface area contributed by atoms with Crippen LogP contribution in [0.1, 0.15) is 0 Å². The highest BCUT2D eigenvalue weighted by Gasteiger charge is 2.49. The Morgan fingerprint density at radius 3 is 0.929 bits per heavy atom. The Bertz CT molecular complexity index is 1070. The van der Waals surface area contributed by atoms with E-state index in [2.05, 4.69) is 0 Å². The molecule has 2 N–H and O–H groups in total. The lowest BCUT2D eigenvalue weighted by Crippen LogP contribution is -2.40. The van der Waals surface area contributed by atoms with Gasteiger partial charge in [-0.05, 0) is 24.3 Å². The summed E-state index contributed by atoms with van der Waals surface area (Å²) in [4.78, 5) is -2.45. The first-order valence-electron chi connectivity index (χ1n) is 5.92. The van der Waals surface area contributed by atoms with Crippen molar-refractivity contribution in [3.8, 4) is 0 Å². The van der Waals surface area contributed by atoms with Crippen molar-refractivity contribution in [2.24, 2.45) is 0 Å². The van der Waals surface area contributed by atoms with Crippen LogP contribution in [-0.2, 0) is 40.1 Å². The number of hydrogen-bond donors (Lipinski definition) is 2. The maximum atomic E-state index is 12.2. The summed E-state index contributed by atoms with van der Waals surface area (Å²) < 4.78 is 164. The Kier molecular flexibility index (Phi) is 6.22. The molecule has 0 amide bonds. The SMILES string of the molecule is O=S(=O)(NS(=O)(=O)C(F)(F)F)c1ccc(S(=O)(=O)NS(=O)(=O)C(F)(F)F)cc1. The van der Waals surface area contributed by atoms with E-state index in [1.54, 1.807) is 0 Å². The van der Waals surface area contributed by atoms with E-state index in [0.29, 0.717) is 8.25 Å². The normalized spacial score (nSPS) is 14.8. The summed E-state index contributed by atoms with van der Waals surface area (Å²) in [7, 11) is -23.5. The average Bonchev–Trinajstić information content (AvgIpc) is 2.42. The number of alkyl halides is 6. The van der Waals surface area contributed by atoms with Gasteiger partial charge in [0.25, 0.3) is 20.0 Å². The molecule has 0 bridgehead atoms. The highest BCUT2D eigenvalue weighted by atomic mass is 32.3. The highest BCUT2D eigenvalue weighted by molar-refractivity contribution is 8.05. The van der Waals surface area contributed by atoms with Crippen LogP contribution in [0.4, 0.5) is 26.3 Å². The second-order valence-corrected chi connectivity index (χ2v) is 11.8. The quantitative estimate of drug-likeness (QED) is 0.514. The van der Waals surface area contributed by atoms with Gasteiger partial charge < -0.3 is 0 Å². The van der Waals surface area contributed by atoms with Crippen molar-refractivity contribution in [2.75, 3.05) is 0 Å². The zero-order valence-electron chi connectivity index (χ0n) is 12.5. The lowest BCUT2D eigenvalue weighted by atomic mass is 10.4. The van der Waals surface area contributed by atoms with Crippen molar-refractivity contribution in [1.82, 2.24) is 8.25 Å². The number of hydrogen-bond acceptors (Lipinski definition) is 8. The van der Waals surface area contributed by atoms with Crippen molar-refractivity contribution < 1.29 is 60.0 Å². The zero-order chi connectivity index (χ0) is 22.4. The molecule has 0 aromatic heterocycles. The smallest absolute Gasteiger partial charge is 0.206 e. The Labute approximate surface area is 153 Å². The average molecular weight is 500 g/mol. The van der Waals surface area contributed by atoms with Gasteiger partial charge in [0.05, 0.1) is 9.79 Å². The van der Waals surface area contributed by atoms with Crippen molar-refractivity contribution >= 4 is 40.1 Å². The molecule has 20 heteroatoms. The van der Waals surface area contributed by atoms with Crippen LogP contribution >= 0.6 is 0 Å². The molecule has 0 aliphatic heterocycles. The van der Waals surface area contributed by atoms with Crippen molar-refractivity contribution in [2.45, 2.75) is 20.8 Å². The second kappa shape index (κ2) is 7.09. The third-order valence-corrected chi connectivity index (χ3v) is 9.01. The lowest BCUT2D eigenvalue weighted by molar-refractivity contribution is -0.0447. The fourth-order valence-corrected chi connectivity index (χ4v) is 6.10. The van der Waals surface area contributed by atoms with E-state index in [4.69, 9.17) is 0 Å². The van der Waals surface area contributed by atoms with Gasteiger partial charge in [0.15, 0.2) is 0 Å². The topological polar surface area (TPSA) is 161 Å². The zero-order valence-corrected chi connectivity index (χ0v) is 15.7. The van der Waals surface area contributed by atoms with Gasteiger partial charge in [0, 0.05) is 0 Å².